The molecule has 0 unspecified atom stereocenters. The first-order valence-electron chi connectivity index (χ1n) is 10.5. The number of ether oxygens (including phenoxy) is 1. The number of sulfone groups is 1. The fourth-order valence-electron chi connectivity index (χ4n) is 3.91. The largest absolute Gasteiger partial charge is 0.494 e. The molecule has 10 heteroatoms. The van der Waals surface area contributed by atoms with E-state index in [2.05, 4.69) is 20.2 Å². The third kappa shape index (κ3) is 3.52. The molecule has 0 radical (unpaired) electrons. The van der Waals surface area contributed by atoms with Crippen molar-refractivity contribution in [2.45, 2.75) is 25.2 Å². The van der Waals surface area contributed by atoms with Gasteiger partial charge in [-0.3, -0.25) is 4.98 Å². The van der Waals surface area contributed by atoms with Crippen LogP contribution in [0.15, 0.2) is 60.0 Å². The van der Waals surface area contributed by atoms with Crippen molar-refractivity contribution in [2.75, 3.05) is 12.9 Å². The van der Waals surface area contributed by atoms with E-state index < -0.39 is 9.84 Å². The first-order valence-corrected chi connectivity index (χ1v) is 12.1. The third-order valence-corrected chi connectivity index (χ3v) is 7.43. The number of methoxy groups -OCH3 is 1. The third-order valence-electron chi connectivity index (χ3n) is 5.52. The zero-order valence-corrected chi connectivity index (χ0v) is 19.2. The van der Waals surface area contributed by atoms with Crippen molar-refractivity contribution < 1.29 is 13.2 Å². The van der Waals surface area contributed by atoms with Crippen LogP contribution in [0, 0.1) is 6.92 Å². The summed E-state index contributed by atoms with van der Waals surface area (Å²) in [6.07, 6.45) is 7.56. The summed E-state index contributed by atoms with van der Waals surface area (Å²) in [6, 6.07) is 8.58. The van der Waals surface area contributed by atoms with Crippen LogP contribution in [0.2, 0.25) is 0 Å². The van der Waals surface area contributed by atoms with Gasteiger partial charge in [-0.05, 0) is 43.7 Å². The van der Waals surface area contributed by atoms with Gasteiger partial charge < -0.3 is 4.74 Å². The van der Waals surface area contributed by atoms with Crippen molar-refractivity contribution in [3.8, 4) is 22.7 Å². The molecule has 0 aliphatic rings. The standard InChI is InChI=1S/C23H22N6O3S/c1-4-10-33(30,31)16-6-7-22(32-3)21(11-16)29-20-12-19(25-13-17(20)15(2)27-29)18-14-26-28-9-5-8-24-23(18)28/h5-9,11-14H,4,10H2,1-3H3. The Morgan fingerprint density at radius 2 is 1.97 bits per heavy atom. The van der Waals surface area contributed by atoms with Crippen LogP contribution in [0.25, 0.3) is 33.5 Å². The highest BCUT2D eigenvalue weighted by Crippen LogP contribution is 2.32. The molecule has 1 aromatic carbocycles. The van der Waals surface area contributed by atoms with Gasteiger partial charge in [0.25, 0.3) is 0 Å². The quantitative estimate of drug-likeness (QED) is 0.379. The molecule has 4 aromatic heterocycles. The fraction of sp³-hybridized carbons (Fsp3) is 0.217. The van der Waals surface area contributed by atoms with E-state index in [0.717, 1.165) is 22.2 Å². The van der Waals surface area contributed by atoms with Crippen LogP contribution in [0.3, 0.4) is 0 Å². The van der Waals surface area contributed by atoms with Gasteiger partial charge in [0.15, 0.2) is 15.5 Å². The van der Waals surface area contributed by atoms with Crippen molar-refractivity contribution in [1.82, 2.24) is 29.4 Å². The highest BCUT2D eigenvalue weighted by molar-refractivity contribution is 7.91. The summed E-state index contributed by atoms with van der Waals surface area (Å²) in [5.41, 5.74) is 4.25. The molecule has 0 saturated carbocycles. The topological polar surface area (TPSA) is 104 Å². The van der Waals surface area contributed by atoms with Crippen molar-refractivity contribution in [3.05, 3.63) is 60.8 Å². The Bertz CT molecular complexity index is 1600. The summed E-state index contributed by atoms with van der Waals surface area (Å²) in [5.74, 6) is 0.596. The Hall–Kier alpha value is -3.79. The molecule has 0 saturated heterocycles. The number of pyridine rings is 1. The van der Waals surface area contributed by atoms with Crippen LogP contribution in [0.4, 0.5) is 0 Å². The van der Waals surface area contributed by atoms with Gasteiger partial charge in [0.05, 0.1) is 46.4 Å². The van der Waals surface area contributed by atoms with E-state index in [1.165, 1.54) is 0 Å². The van der Waals surface area contributed by atoms with Crippen LogP contribution < -0.4 is 4.74 Å². The minimum absolute atomic E-state index is 0.0768. The predicted molar refractivity (Wildman–Crippen MR) is 124 cm³/mol. The molecular weight excluding hydrogens is 440 g/mol. The van der Waals surface area contributed by atoms with E-state index in [9.17, 15) is 8.42 Å². The van der Waals surface area contributed by atoms with Crippen molar-refractivity contribution >= 4 is 26.4 Å². The van der Waals surface area contributed by atoms with E-state index in [-0.39, 0.29) is 10.6 Å². The van der Waals surface area contributed by atoms with Crippen LogP contribution in [0.1, 0.15) is 19.0 Å². The number of benzene rings is 1. The zero-order valence-electron chi connectivity index (χ0n) is 18.4. The second-order valence-electron chi connectivity index (χ2n) is 7.68. The molecule has 0 amide bonds. The minimum atomic E-state index is -3.41. The molecule has 168 valence electrons. The molecule has 33 heavy (non-hydrogen) atoms. The maximum absolute atomic E-state index is 12.7. The smallest absolute Gasteiger partial charge is 0.178 e. The minimum Gasteiger partial charge on any atom is -0.494 e. The average Bonchev–Trinajstić information content (AvgIpc) is 3.39. The molecule has 0 fully saturated rings. The average molecular weight is 463 g/mol. The van der Waals surface area contributed by atoms with Gasteiger partial charge >= 0.3 is 0 Å². The number of rotatable bonds is 6. The first-order chi connectivity index (χ1) is 15.9. The van der Waals surface area contributed by atoms with Crippen molar-refractivity contribution in [1.29, 1.82) is 0 Å². The monoisotopic (exact) mass is 462 g/mol. The molecule has 0 atom stereocenters. The maximum Gasteiger partial charge on any atom is 0.178 e. The molecule has 4 heterocycles. The molecule has 0 aliphatic carbocycles. The molecular formula is C23H22N6O3S. The van der Waals surface area contributed by atoms with E-state index in [0.29, 0.717) is 29.2 Å². The second kappa shape index (κ2) is 7.96. The highest BCUT2D eigenvalue weighted by Gasteiger charge is 2.20. The lowest BCUT2D eigenvalue weighted by Gasteiger charge is -2.12. The SMILES string of the molecule is CCCS(=O)(=O)c1ccc(OC)c(-n2nc(C)c3cnc(-c4cnn5cccnc45)cc32)c1. The van der Waals surface area contributed by atoms with Gasteiger partial charge in [-0.25, -0.2) is 22.6 Å². The summed E-state index contributed by atoms with van der Waals surface area (Å²) >= 11 is 0. The van der Waals surface area contributed by atoms with E-state index >= 15 is 0 Å². The van der Waals surface area contributed by atoms with Gasteiger partial charge in [0.1, 0.15) is 11.4 Å². The molecule has 5 aromatic rings. The van der Waals surface area contributed by atoms with Crippen LogP contribution in [0.5, 0.6) is 5.75 Å². The number of aromatic nitrogens is 6. The Morgan fingerprint density at radius 3 is 2.76 bits per heavy atom. The number of hydrogen-bond acceptors (Lipinski definition) is 7. The highest BCUT2D eigenvalue weighted by atomic mass is 32.2. The van der Waals surface area contributed by atoms with Gasteiger partial charge in [0.2, 0.25) is 0 Å². The van der Waals surface area contributed by atoms with E-state index in [1.54, 1.807) is 53.1 Å². The number of hydrogen-bond donors (Lipinski definition) is 0. The number of nitrogens with zero attached hydrogens (tertiary/aromatic N) is 6. The van der Waals surface area contributed by atoms with Crippen LogP contribution in [-0.4, -0.2) is 50.6 Å². The van der Waals surface area contributed by atoms with E-state index in [4.69, 9.17) is 4.74 Å². The van der Waals surface area contributed by atoms with Gasteiger partial charge in [-0.15, -0.1) is 0 Å². The maximum atomic E-state index is 12.7. The molecule has 0 aliphatic heterocycles. The lowest BCUT2D eigenvalue weighted by Crippen LogP contribution is -2.08. The summed E-state index contributed by atoms with van der Waals surface area (Å²) in [6.45, 7) is 3.73. The predicted octanol–water partition coefficient (Wildman–Crippen LogP) is 3.63. The lowest BCUT2D eigenvalue weighted by molar-refractivity contribution is 0.411. The molecule has 0 N–H and O–H groups in total. The Balaban J connectivity index is 1.73. The van der Waals surface area contributed by atoms with Crippen molar-refractivity contribution in [3.63, 3.8) is 0 Å². The lowest BCUT2D eigenvalue weighted by atomic mass is 10.1. The summed E-state index contributed by atoms with van der Waals surface area (Å²) in [5, 5.41) is 9.89. The van der Waals surface area contributed by atoms with Gasteiger partial charge in [-0.1, -0.05) is 6.92 Å². The summed E-state index contributed by atoms with van der Waals surface area (Å²) in [7, 11) is -1.86. The van der Waals surface area contributed by atoms with E-state index in [1.807, 2.05) is 32.2 Å². The second-order valence-corrected chi connectivity index (χ2v) is 9.79. The molecule has 0 spiro atoms. The molecule has 5 rings (SSSR count). The Morgan fingerprint density at radius 1 is 1.12 bits per heavy atom. The van der Waals surface area contributed by atoms with Crippen molar-refractivity contribution in [2.24, 2.45) is 0 Å². The summed E-state index contributed by atoms with van der Waals surface area (Å²) in [4.78, 5) is 9.27. The number of aryl methyl sites for hydroxylation is 1. The Labute approximate surface area is 190 Å². The fourth-order valence-corrected chi connectivity index (χ4v) is 5.25. The zero-order chi connectivity index (χ0) is 23.2. The number of fused-ring (bicyclic) bond motifs is 2. The van der Waals surface area contributed by atoms with Gasteiger partial charge in [0, 0.05) is 24.0 Å². The summed E-state index contributed by atoms with van der Waals surface area (Å²) < 4.78 is 34.4. The van der Waals surface area contributed by atoms with Crippen LogP contribution in [-0.2, 0) is 9.84 Å². The normalized spacial score (nSPS) is 12.0. The van der Waals surface area contributed by atoms with Gasteiger partial charge in [-0.2, -0.15) is 10.2 Å². The first kappa shape index (κ1) is 21.1. The molecule has 0 bridgehead atoms. The molecule has 9 nitrogen and oxygen atoms in total. The Kier molecular flexibility index (Phi) is 5.09. The van der Waals surface area contributed by atoms with Crippen LogP contribution >= 0.6 is 0 Å².